The third kappa shape index (κ3) is 5.45. The zero-order valence-electron chi connectivity index (χ0n) is 22.4. The normalized spacial score (nSPS) is 16.1. The van der Waals surface area contributed by atoms with Gasteiger partial charge in [-0.05, 0) is 56.2 Å². The van der Waals surface area contributed by atoms with Gasteiger partial charge in [-0.15, -0.1) is 0 Å². The van der Waals surface area contributed by atoms with Gasteiger partial charge in [0.2, 0.25) is 11.8 Å². The molecule has 1 atom stereocenters. The Bertz CT molecular complexity index is 1320. The van der Waals surface area contributed by atoms with Crippen molar-refractivity contribution in [2.75, 3.05) is 11.4 Å². The van der Waals surface area contributed by atoms with Gasteiger partial charge < -0.3 is 15.1 Å². The summed E-state index contributed by atoms with van der Waals surface area (Å²) < 4.78 is 0. The summed E-state index contributed by atoms with van der Waals surface area (Å²) in [5.41, 5.74) is 3.78. The number of nitrogens with zero attached hydrogens (tertiary/aromatic N) is 2. The molecule has 1 fully saturated rings. The van der Waals surface area contributed by atoms with Crippen LogP contribution in [0.5, 0.6) is 0 Å². The fraction of sp³-hybridized carbons (Fsp3) is 0.406. The Labute approximate surface area is 225 Å². The van der Waals surface area contributed by atoms with Crippen molar-refractivity contribution in [3.8, 4) is 0 Å². The summed E-state index contributed by atoms with van der Waals surface area (Å²) >= 11 is 0. The summed E-state index contributed by atoms with van der Waals surface area (Å²) in [6.07, 6.45) is 6.29. The van der Waals surface area contributed by atoms with Gasteiger partial charge >= 0.3 is 0 Å². The van der Waals surface area contributed by atoms with Crippen molar-refractivity contribution < 1.29 is 14.4 Å². The number of benzene rings is 3. The molecule has 0 radical (unpaired) electrons. The lowest BCUT2D eigenvalue weighted by atomic mass is 9.95. The standard InChI is InChI=1S/C32H37N3O3/c1-22-16-18-24(19-17-22)21-35(23(2)31(37)33-26-11-4-3-5-12-26)29(36)15-8-20-34-28-14-7-10-25-9-6-13-27(30(25)28)32(34)38/h6-7,9-10,13-14,16-19,23,26H,3-5,8,11-12,15,20-21H2,1-2H3,(H,33,37). The van der Waals surface area contributed by atoms with E-state index in [2.05, 4.69) is 5.32 Å². The molecule has 1 aliphatic heterocycles. The molecule has 198 valence electrons. The van der Waals surface area contributed by atoms with E-state index in [-0.39, 0.29) is 30.2 Å². The van der Waals surface area contributed by atoms with Gasteiger partial charge in [-0.2, -0.15) is 0 Å². The zero-order valence-corrected chi connectivity index (χ0v) is 22.4. The van der Waals surface area contributed by atoms with Gasteiger partial charge in [-0.25, -0.2) is 0 Å². The van der Waals surface area contributed by atoms with Gasteiger partial charge in [0.25, 0.3) is 5.91 Å². The minimum Gasteiger partial charge on any atom is -0.352 e. The number of aryl methyl sites for hydroxylation is 1. The largest absolute Gasteiger partial charge is 0.352 e. The first-order valence-electron chi connectivity index (χ1n) is 13.9. The molecule has 6 heteroatoms. The summed E-state index contributed by atoms with van der Waals surface area (Å²) in [7, 11) is 0. The molecule has 38 heavy (non-hydrogen) atoms. The van der Waals surface area contributed by atoms with E-state index in [0.29, 0.717) is 19.5 Å². The van der Waals surface area contributed by atoms with E-state index in [4.69, 9.17) is 0 Å². The van der Waals surface area contributed by atoms with Crippen LogP contribution in [0.3, 0.4) is 0 Å². The van der Waals surface area contributed by atoms with E-state index in [1.807, 2.05) is 74.5 Å². The molecular formula is C32H37N3O3. The van der Waals surface area contributed by atoms with Crippen LogP contribution >= 0.6 is 0 Å². The maximum absolute atomic E-state index is 13.6. The van der Waals surface area contributed by atoms with Crippen LogP contribution in [0.15, 0.2) is 60.7 Å². The first-order chi connectivity index (χ1) is 18.4. The number of hydrogen-bond donors (Lipinski definition) is 1. The number of amides is 3. The molecule has 6 nitrogen and oxygen atoms in total. The predicted octanol–water partition coefficient (Wildman–Crippen LogP) is 5.75. The van der Waals surface area contributed by atoms with Crippen molar-refractivity contribution in [2.24, 2.45) is 0 Å². The van der Waals surface area contributed by atoms with Gasteiger partial charge in [-0.3, -0.25) is 14.4 Å². The summed E-state index contributed by atoms with van der Waals surface area (Å²) in [4.78, 5) is 43.4. The second-order valence-electron chi connectivity index (χ2n) is 10.8. The molecule has 1 aliphatic carbocycles. The summed E-state index contributed by atoms with van der Waals surface area (Å²) in [6.45, 7) is 4.70. The third-order valence-corrected chi connectivity index (χ3v) is 8.01. The first-order valence-corrected chi connectivity index (χ1v) is 13.9. The summed E-state index contributed by atoms with van der Waals surface area (Å²) in [6, 6.07) is 19.5. The SMILES string of the molecule is Cc1ccc(CN(C(=O)CCCN2C(=O)c3cccc4cccc2c34)C(C)C(=O)NC2CCCCC2)cc1. The molecule has 1 N–H and O–H groups in total. The monoisotopic (exact) mass is 511 g/mol. The van der Waals surface area contributed by atoms with Crippen LogP contribution in [-0.4, -0.2) is 41.2 Å². The Balaban J connectivity index is 1.26. The lowest BCUT2D eigenvalue weighted by molar-refractivity contribution is -0.141. The Morgan fingerprint density at radius 1 is 1.00 bits per heavy atom. The molecule has 1 saturated carbocycles. The van der Waals surface area contributed by atoms with E-state index in [0.717, 1.165) is 58.8 Å². The molecule has 0 spiro atoms. The fourth-order valence-electron chi connectivity index (χ4n) is 5.77. The second kappa shape index (κ2) is 11.4. The first kappa shape index (κ1) is 26.0. The van der Waals surface area contributed by atoms with Crippen molar-refractivity contribution in [3.05, 3.63) is 77.4 Å². The number of hydrogen-bond acceptors (Lipinski definition) is 3. The summed E-state index contributed by atoms with van der Waals surface area (Å²) in [5.74, 6) is -0.172. The van der Waals surface area contributed by atoms with Crippen LogP contribution in [0.25, 0.3) is 10.8 Å². The van der Waals surface area contributed by atoms with Crippen LogP contribution in [-0.2, 0) is 16.1 Å². The van der Waals surface area contributed by atoms with Gasteiger partial charge in [0, 0.05) is 36.5 Å². The molecule has 0 saturated heterocycles. The van der Waals surface area contributed by atoms with Gasteiger partial charge in [0.1, 0.15) is 6.04 Å². The molecule has 5 rings (SSSR count). The molecule has 0 bridgehead atoms. The Hall–Kier alpha value is -3.67. The van der Waals surface area contributed by atoms with E-state index in [1.54, 1.807) is 9.80 Å². The molecule has 3 aromatic rings. The quantitative estimate of drug-likeness (QED) is 0.397. The van der Waals surface area contributed by atoms with Gasteiger partial charge in [0.05, 0.1) is 5.69 Å². The Morgan fingerprint density at radius 3 is 2.45 bits per heavy atom. The van der Waals surface area contributed by atoms with Crippen LogP contribution in [0.2, 0.25) is 0 Å². The third-order valence-electron chi connectivity index (χ3n) is 8.01. The number of carbonyl (C=O) groups excluding carboxylic acids is 3. The van der Waals surface area contributed by atoms with Crippen LogP contribution in [0, 0.1) is 6.92 Å². The fourth-order valence-corrected chi connectivity index (χ4v) is 5.77. The second-order valence-corrected chi connectivity index (χ2v) is 10.8. The van der Waals surface area contributed by atoms with Crippen LogP contribution < -0.4 is 10.2 Å². The highest BCUT2D eigenvalue weighted by Crippen LogP contribution is 2.37. The molecule has 1 heterocycles. The summed E-state index contributed by atoms with van der Waals surface area (Å²) in [5, 5.41) is 5.23. The maximum Gasteiger partial charge on any atom is 0.258 e. The number of rotatable bonds is 9. The van der Waals surface area contributed by atoms with Crippen molar-refractivity contribution in [3.63, 3.8) is 0 Å². The molecule has 3 aromatic carbocycles. The number of carbonyl (C=O) groups is 3. The smallest absolute Gasteiger partial charge is 0.258 e. The molecule has 1 unspecified atom stereocenters. The molecule has 2 aliphatic rings. The Morgan fingerprint density at radius 2 is 1.71 bits per heavy atom. The molecule has 0 aromatic heterocycles. The van der Waals surface area contributed by atoms with E-state index < -0.39 is 6.04 Å². The van der Waals surface area contributed by atoms with Crippen molar-refractivity contribution in [1.29, 1.82) is 0 Å². The predicted molar refractivity (Wildman–Crippen MR) is 151 cm³/mol. The highest BCUT2D eigenvalue weighted by molar-refractivity contribution is 6.25. The van der Waals surface area contributed by atoms with Crippen LogP contribution in [0.1, 0.15) is 73.4 Å². The van der Waals surface area contributed by atoms with E-state index >= 15 is 0 Å². The molecular weight excluding hydrogens is 474 g/mol. The van der Waals surface area contributed by atoms with E-state index in [9.17, 15) is 14.4 Å². The van der Waals surface area contributed by atoms with Crippen molar-refractivity contribution in [1.82, 2.24) is 10.2 Å². The highest BCUT2D eigenvalue weighted by Gasteiger charge is 2.31. The topological polar surface area (TPSA) is 69.7 Å². The number of anilines is 1. The highest BCUT2D eigenvalue weighted by atomic mass is 16.2. The average Bonchev–Trinajstić information content (AvgIpc) is 3.21. The average molecular weight is 512 g/mol. The van der Waals surface area contributed by atoms with Gasteiger partial charge in [-0.1, -0.05) is 73.4 Å². The minimum atomic E-state index is -0.572. The minimum absolute atomic E-state index is 0.0130. The van der Waals surface area contributed by atoms with Crippen molar-refractivity contribution in [2.45, 2.75) is 77.4 Å². The maximum atomic E-state index is 13.6. The van der Waals surface area contributed by atoms with E-state index in [1.165, 1.54) is 6.42 Å². The number of nitrogens with one attached hydrogen (secondary N) is 1. The van der Waals surface area contributed by atoms with Crippen LogP contribution in [0.4, 0.5) is 5.69 Å². The lowest BCUT2D eigenvalue weighted by Gasteiger charge is -2.31. The van der Waals surface area contributed by atoms with Crippen molar-refractivity contribution >= 4 is 34.2 Å². The molecule has 3 amide bonds. The Kier molecular flexibility index (Phi) is 7.77. The zero-order chi connectivity index (χ0) is 26.6. The lowest BCUT2D eigenvalue weighted by Crippen LogP contribution is -2.50. The van der Waals surface area contributed by atoms with Gasteiger partial charge in [0.15, 0.2) is 0 Å².